The van der Waals surface area contributed by atoms with E-state index in [0.717, 1.165) is 47.6 Å². The lowest BCUT2D eigenvalue weighted by atomic mass is 9.87. The first kappa shape index (κ1) is 17.7. The van der Waals surface area contributed by atoms with Crippen LogP contribution in [0.3, 0.4) is 0 Å². The van der Waals surface area contributed by atoms with Gasteiger partial charge in [0.1, 0.15) is 19.0 Å². The van der Waals surface area contributed by atoms with Crippen LogP contribution in [0, 0.1) is 0 Å². The predicted molar refractivity (Wildman–Crippen MR) is 103 cm³/mol. The molecule has 2 aromatic carbocycles. The minimum absolute atomic E-state index is 0.0368. The molecule has 1 aliphatic carbocycles. The molecule has 0 bridgehead atoms. The number of nitrogens with one attached hydrogen (secondary N) is 1. The summed E-state index contributed by atoms with van der Waals surface area (Å²) in [6.45, 7) is 1.16. The van der Waals surface area contributed by atoms with Crippen LogP contribution in [-0.2, 0) is 17.6 Å². The van der Waals surface area contributed by atoms with Crippen LogP contribution in [0.1, 0.15) is 42.0 Å². The van der Waals surface area contributed by atoms with Crippen molar-refractivity contribution >= 4 is 5.91 Å². The summed E-state index contributed by atoms with van der Waals surface area (Å²) < 4.78 is 16.8. The van der Waals surface area contributed by atoms with Crippen LogP contribution >= 0.6 is 0 Å². The van der Waals surface area contributed by atoms with Gasteiger partial charge in [-0.25, -0.2) is 0 Å². The number of carbonyl (C=O) groups excluding carboxylic acids is 1. The molecular formula is C22H25NO4. The number of hydrogen-bond donors (Lipinski definition) is 1. The predicted octanol–water partition coefficient (Wildman–Crippen LogP) is 3.59. The Kier molecular flexibility index (Phi) is 5.19. The van der Waals surface area contributed by atoms with Gasteiger partial charge < -0.3 is 19.5 Å². The van der Waals surface area contributed by atoms with Gasteiger partial charge in [-0.15, -0.1) is 0 Å². The maximum atomic E-state index is 12.6. The molecule has 0 aromatic heterocycles. The smallest absolute Gasteiger partial charge is 0.220 e. The summed E-state index contributed by atoms with van der Waals surface area (Å²) in [5.74, 6) is 2.50. The average molecular weight is 367 g/mol. The molecule has 1 N–H and O–H groups in total. The highest BCUT2D eigenvalue weighted by atomic mass is 16.6. The molecule has 142 valence electrons. The molecular weight excluding hydrogens is 342 g/mol. The molecule has 5 nitrogen and oxygen atoms in total. The monoisotopic (exact) mass is 367 g/mol. The molecule has 1 unspecified atom stereocenters. The van der Waals surface area contributed by atoms with E-state index in [4.69, 9.17) is 14.2 Å². The Morgan fingerprint density at radius 3 is 2.78 bits per heavy atom. The lowest BCUT2D eigenvalue weighted by Crippen LogP contribution is -2.31. The minimum Gasteiger partial charge on any atom is -0.496 e. The van der Waals surface area contributed by atoms with E-state index in [0.29, 0.717) is 26.1 Å². The molecule has 0 radical (unpaired) electrons. The van der Waals surface area contributed by atoms with Crippen LogP contribution in [0.4, 0.5) is 0 Å². The third-order valence-electron chi connectivity index (χ3n) is 5.27. The normalized spacial score (nSPS) is 17.7. The molecule has 4 rings (SSSR count). The Bertz CT molecular complexity index is 833. The lowest BCUT2D eigenvalue weighted by Gasteiger charge is -2.29. The first-order chi connectivity index (χ1) is 13.2. The highest BCUT2D eigenvalue weighted by Crippen LogP contribution is 2.39. The molecule has 1 heterocycles. The summed E-state index contributed by atoms with van der Waals surface area (Å²) in [7, 11) is 1.66. The zero-order chi connectivity index (χ0) is 18.6. The second kappa shape index (κ2) is 7.91. The van der Waals surface area contributed by atoms with Gasteiger partial charge in [0.05, 0.1) is 13.2 Å². The Balaban J connectivity index is 1.43. The quantitative estimate of drug-likeness (QED) is 0.877. The van der Waals surface area contributed by atoms with Gasteiger partial charge >= 0.3 is 0 Å². The Morgan fingerprint density at radius 1 is 1.19 bits per heavy atom. The van der Waals surface area contributed by atoms with Gasteiger partial charge in [-0.3, -0.25) is 4.79 Å². The van der Waals surface area contributed by atoms with Crippen molar-refractivity contribution in [3.8, 4) is 17.2 Å². The van der Waals surface area contributed by atoms with Gasteiger partial charge in [-0.1, -0.05) is 18.2 Å². The molecule has 27 heavy (non-hydrogen) atoms. The number of para-hydroxylation sites is 1. The van der Waals surface area contributed by atoms with E-state index >= 15 is 0 Å². The van der Waals surface area contributed by atoms with Crippen LogP contribution in [0.5, 0.6) is 17.2 Å². The Hall–Kier alpha value is -2.69. The number of fused-ring (bicyclic) bond motifs is 2. The van der Waals surface area contributed by atoms with Crippen molar-refractivity contribution in [2.45, 2.75) is 38.1 Å². The fourth-order valence-corrected chi connectivity index (χ4v) is 3.91. The fraction of sp³-hybridized carbons (Fsp3) is 0.409. The van der Waals surface area contributed by atoms with E-state index in [1.165, 1.54) is 5.56 Å². The van der Waals surface area contributed by atoms with Gasteiger partial charge in [-0.2, -0.15) is 0 Å². The third-order valence-corrected chi connectivity index (χ3v) is 5.27. The zero-order valence-electron chi connectivity index (χ0n) is 15.6. The molecule has 1 aliphatic heterocycles. The summed E-state index contributed by atoms with van der Waals surface area (Å²) in [5.41, 5.74) is 3.47. The number of methoxy groups -OCH3 is 1. The second-order valence-electron chi connectivity index (χ2n) is 7.02. The fourth-order valence-electron chi connectivity index (χ4n) is 3.91. The number of hydrogen-bond acceptors (Lipinski definition) is 4. The minimum atomic E-state index is 0.0368. The van der Waals surface area contributed by atoms with Crippen molar-refractivity contribution in [3.63, 3.8) is 0 Å². The summed E-state index contributed by atoms with van der Waals surface area (Å²) in [4.78, 5) is 12.6. The van der Waals surface area contributed by atoms with E-state index in [2.05, 4.69) is 11.4 Å². The van der Waals surface area contributed by atoms with E-state index < -0.39 is 0 Å². The van der Waals surface area contributed by atoms with Gasteiger partial charge in [0.2, 0.25) is 5.91 Å². The SMILES string of the molecule is COc1ccccc1CCC(=O)NC1CCCc2cc3c(cc21)OCCO3. The molecule has 1 atom stereocenters. The largest absolute Gasteiger partial charge is 0.496 e. The topological polar surface area (TPSA) is 56.8 Å². The van der Waals surface area contributed by atoms with Crippen molar-refractivity contribution in [2.75, 3.05) is 20.3 Å². The Morgan fingerprint density at radius 2 is 1.96 bits per heavy atom. The molecule has 0 saturated heterocycles. The van der Waals surface area contributed by atoms with Gasteiger partial charge in [-0.05, 0) is 60.6 Å². The maximum absolute atomic E-state index is 12.6. The maximum Gasteiger partial charge on any atom is 0.220 e. The second-order valence-corrected chi connectivity index (χ2v) is 7.02. The average Bonchev–Trinajstić information content (AvgIpc) is 2.71. The van der Waals surface area contributed by atoms with Crippen molar-refractivity contribution < 1.29 is 19.0 Å². The summed E-state index contributed by atoms with van der Waals surface area (Å²) >= 11 is 0. The zero-order valence-corrected chi connectivity index (χ0v) is 15.6. The highest BCUT2D eigenvalue weighted by Gasteiger charge is 2.25. The van der Waals surface area contributed by atoms with E-state index in [1.807, 2.05) is 30.3 Å². The first-order valence-corrected chi connectivity index (χ1v) is 9.58. The highest BCUT2D eigenvalue weighted by molar-refractivity contribution is 5.77. The molecule has 0 saturated carbocycles. The van der Waals surface area contributed by atoms with Crippen LogP contribution in [0.15, 0.2) is 36.4 Å². The van der Waals surface area contributed by atoms with Crippen molar-refractivity contribution in [3.05, 3.63) is 53.1 Å². The van der Waals surface area contributed by atoms with Gasteiger partial charge in [0.15, 0.2) is 11.5 Å². The number of amides is 1. The summed E-state index contributed by atoms with van der Waals surface area (Å²) in [6, 6.07) is 12.0. The standard InChI is InChI=1S/C22H25NO4/c1-25-19-8-3-2-5-15(19)9-10-22(24)23-18-7-4-6-16-13-20-21(14-17(16)18)27-12-11-26-20/h2-3,5,8,13-14,18H,4,6-7,9-12H2,1H3,(H,23,24). The number of aryl methyl sites for hydroxylation is 2. The van der Waals surface area contributed by atoms with Crippen molar-refractivity contribution in [1.29, 1.82) is 0 Å². The summed E-state index contributed by atoms with van der Waals surface area (Å²) in [6.07, 6.45) is 4.13. The van der Waals surface area contributed by atoms with Crippen LogP contribution in [0.2, 0.25) is 0 Å². The third kappa shape index (κ3) is 3.87. The Labute approximate surface area is 159 Å². The van der Waals surface area contributed by atoms with E-state index in [1.54, 1.807) is 7.11 Å². The molecule has 0 fully saturated rings. The van der Waals surface area contributed by atoms with Crippen LogP contribution < -0.4 is 19.5 Å². The molecule has 0 spiro atoms. The molecule has 1 amide bonds. The van der Waals surface area contributed by atoms with Gasteiger partial charge in [0.25, 0.3) is 0 Å². The number of carbonyl (C=O) groups is 1. The summed E-state index contributed by atoms with van der Waals surface area (Å²) in [5, 5.41) is 3.21. The lowest BCUT2D eigenvalue weighted by molar-refractivity contribution is -0.121. The van der Waals surface area contributed by atoms with E-state index in [9.17, 15) is 4.79 Å². The number of rotatable bonds is 5. The van der Waals surface area contributed by atoms with E-state index in [-0.39, 0.29) is 11.9 Å². The number of ether oxygens (including phenoxy) is 3. The number of benzene rings is 2. The first-order valence-electron chi connectivity index (χ1n) is 9.58. The molecule has 5 heteroatoms. The van der Waals surface area contributed by atoms with Crippen LogP contribution in [0.25, 0.3) is 0 Å². The van der Waals surface area contributed by atoms with Crippen molar-refractivity contribution in [2.24, 2.45) is 0 Å². The molecule has 2 aliphatic rings. The van der Waals surface area contributed by atoms with Crippen LogP contribution in [-0.4, -0.2) is 26.2 Å². The van der Waals surface area contributed by atoms with Crippen molar-refractivity contribution in [1.82, 2.24) is 5.32 Å². The van der Waals surface area contributed by atoms with Gasteiger partial charge in [0, 0.05) is 6.42 Å². The molecule has 2 aromatic rings.